The fraction of sp³-hybridized carbons (Fsp3) is 0.154. The van der Waals surface area contributed by atoms with Gasteiger partial charge in [-0.05, 0) is 18.2 Å². The van der Waals surface area contributed by atoms with Gasteiger partial charge in [0.15, 0.2) is 0 Å². The van der Waals surface area contributed by atoms with Crippen molar-refractivity contribution >= 4 is 5.84 Å². The lowest BCUT2D eigenvalue weighted by Gasteiger charge is -2.10. The Morgan fingerprint density at radius 2 is 2.11 bits per heavy atom. The molecule has 0 atom stereocenters. The summed E-state index contributed by atoms with van der Waals surface area (Å²) in [4.78, 5) is 11.8. The Kier molecular flexibility index (Phi) is 3.33. The lowest BCUT2D eigenvalue weighted by Crippen LogP contribution is -2.29. The van der Waals surface area contributed by atoms with Crippen LogP contribution in [0.3, 0.4) is 0 Å². The van der Waals surface area contributed by atoms with E-state index in [0.29, 0.717) is 11.4 Å². The number of hydrogen-bond donors (Lipinski definition) is 2. The molecule has 6 heteroatoms. The summed E-state index contributed by atoms with van der Waals surface area (Å²) < 4.78 is 6.42. The molecule has 0 radical (unpaired) electrons. The van der Waals surface area contributed by atoms with Crippen molar-refractivity contribution in [2.24, 2.45) is 12.8 Å². The Morgan fingerprint density at radius 1 is 1.42 bits per heavy atom. The maximum atomic E-state index is 11.8. The Morgan fingerprint density at radius 3 is 2.74 bits per heavy atom. The van der Waals surface area contributed by atoms with Crippen LogP contribution in [-0.4, -0.2) is 22.7 Å². The highest BCUT2D eigenvalue weighted by Crippen LogP contribution is 2.27. The molecule has 0 fully saturated rings. The number of ether oxygens (including phenoxy) is 1. The molecular weight excluding hydrogens is 244 g/mol. The molecule has 98 valence electrons. The van der Waals surface area contributed by atoms with Gasteiger partial charge in [0.05, 0.1) is 18.4 Å². The summed E-state index contributed by atoms with van der Waals surface area (Å²) in [6.07, 6.45) is 0. The van der Waals surface area contributed by atoms with E-state index in [1.54, 1.807) is 13.2 Å². The zero-order chi connectivity index (χ0) is 14.0. The largest absolute Gasteiger partial charge is 0.496 e. The first-order valence-corrected chi connectivity index (χ1v) is 5.60. The van der Waals surface area contributed by atoms with Gasteiger partial charge in [-0.25, -0.2) is 4.68 Å². The van der Waals surface area contributed by atoms with Gasteiger partial charge in [0.25, 0.3) is 5.56 Å². The third kappa shape index (κ3) is 2.33. The molecule has 0 saturated heterocycles. The molecule has 1 aromatic heterocycles. The number of para-hydroxylation sites is 1. The summed E-state index contributed by atoms with van der Waals surface area (Å²) in [7, 11) is 3.08. The lowest BCUT2D eigenvalue weighted by atomic mass is 10.1. The molecule has 0 spiro atoms. The summed E-state index contributed by atoms with van der Waals surface area (Å²) in [5, 5.41) is 11.6. The fourth-order valence-electron chi connectivity index (χ4n) is 1.79. The van der Waals surface area contributed by atoms with Crippen molar-refractivity contribution in [2.45, 2.75) is 0 Å². The first kappa shape index (κ1) is 12.8. The van der Waals surface area contributed by atoms with E-state index in [1.807, 2.05) is 18.2 Å². The highest BCUT2D eigenvalue weighted by Gasteiger charge is 2.12. The van der Waals surface area contributed by atoms with E-state index in [0.717, 1.165) is 5.56 Å². The number of amidine groups is 1. The molecular formula is C13H14N4O2. The van der Waals surface area contributed by atoms with Gasteiger partial charge in [0.2, 0.25) is 0 Å². The maximum absolute atomic E-state index is 11.8. The predicted octanol–water partition coefficient (Wildman–Crippen LogP) is 0.740. The maximum Gasteiger partial charge on any atom is 0.277 e. The molecule has 1 heterocycles. The Bertz CT molecular complexity index is 691. The second-order valence-electron chi connectivity index (χ2n) is 3.99. The number of hydrogen-bond acceptors (Lipinski definition) is 4. The highest BCUT2D eigenvalue weighted by atomic mass is 16.5. The van der Waals surface area contributed by atoms with Crippen LogP contribution in [0.5, 0.6) is 5.75 Å². The van der Waals surface area contributed by atoms with Crippen LogP contribution >= 0.6 is 0 Å². The van der Waals surface area contributed by atoms with Crippen LogP contribution in [0, 0.1) is 5.41 Å². The minimum atomic E-state index is -0.397. The Hall–Kier alpha value is -2.63. The van der Waals surface area contributed by atoms with Crippen molar-refractivity contribution in [3.63, 3.8) is 0 Å². The van der Waals surface area contributed by atoms with Crippen molar-refractivity contribution in [1.82, 2.24) is 9.78 Å². The second-order valence-corrected chi connectivity index (χ2v) is 3.99. The SMILES string of the molecule is COc1ccccc1-c1cc(C(=N)N)c(=O)n(C)n1. The van der Waals surface area contributed by atoms with Crippen LogP contribution in [0.15, 0.2) is 35.1 Å². The Labute approximate surface area is 110 Å². The van der Waals surface area contributed by atoms with Gasteiger partial charge in [-0.3, -0.25) is 10.2 Å². The summed E-state index contributed by atoms with van der Waals surface area (Å²) in [6, 6.07) is 8.82. The fourth-order valence-corrected chi connectivity index (χ4v) is 1.79. The van der Waals surface area contributed by atoms with Gasteiger partial charge >= 0.3 is 0 Å². The number of methoxy groups -OCH3 is 1. The van der Waals surface area contributed by atoms with Gasteiger partial charge in [-0.15, -0.1) is 0 Å². The summed E-state index contributed by atoms with van der Waals surface area (Å²) in [5.74, 6) is 0.363. The number of benzene rings is 1. The van der Waals surface area contributed by atoms with Crippen molar-refractivity contribution < 1.29 is 4.74 Å². The van der Waals surface area contributed by atoms with Gasteiger partial charge in [0.1, 0.15) is 11.6 Å². The van der Waals surface area contributed by atoms with Crippen LogP contribution in [-0.2, 0) is 7.05 Å². The molecule has 0 unspecified atom stereocenters. The number of rotatable bonds is 3. The number of nitrogens with zero attached hydrogens (tertiary/aromatic N) is 2. The van der Waals surface area contributed by atoms with E-state index in [4.69, 9.17) is 15.9 Å². The van der Waals surface area contributed by atoms with Crippen LogP contribution in [0.1, 0.15) is 5.56 Å². The number of aromatic nitrogens is 2. The van der Waals surface area contributed by atoms with Gasteiger partial charge < -0.3 is 10.5 Å². The molecule has 0 bridgehead atoms. The van der Waals surface area contributed by atoms with Crippen LogP contribution in [0.2, 0.25) is 0 Å². The average Bonchev–Trinajstić information content (AvgIpc) is 2.41. The minimum absolute atomic E-state index is 0.124. The molecule has 0 aliphatic heterocycles. The smallest absolute Gasteiger partial charge is 0.277 e. The zero-order valence-corrected chi connectivity index (χ0v) is 10.7. The molecule has 2 aromatic rings. The second kappa shape index (κ2) is 4.93. The zero-order valence-electron chi connectivity index (χ0n) is 10.7. The molecule has 0 aliphatic carbocycles. The molecule has 1 aromatic carbocycles. The third-order valence-electron chi connectivity index (χ3n) is 2.74. The third-order valence-corrected chi connectivity index (χ3v) is 2.74. The standard InChI is InChI=1S/C13H14N4O2/c1-17-13(18)9(12(14)15)7-10(16-17)8-5-3-4-6-11(8)19-2/h3-7H,1-2H3,(H3,14,15). The topological polar surface area (TPSA) is 94.0 Å². The monoisotopic (exact) mass is 258 g/mol. The molecule has 0 saturated carbocycles. The number of nitrogen functional groups attached to an aromatic ring is 1. The predicted molar refractivity (Wildman–Crippen MR) is 72.5 cm³/mol. The van der Waals surface area contributed by atoms with E-state index in [2.05, 4.69) is 5.10 Å². The van der Waals surface area contributed by atoms with E-state index in [1.165, 1.54) is 17.8 Å². The van der Waals surface area contributed by atoms with E-state index in [-0.39, 0.29) is 11.4 Å². The van der Waals surface area contributed by atoms with Crippen molar-refractivity contribution in [1.29, 1.82) is 5.41 Å². The number of aryl methyl sites for hydroxylation is 1. The van der Waals surface area contributed by atoms with Gasteiger partial charge in [-0.1, -0.05) is 12.1 Å². The molecule has 2 rings (SSSR count). The summed E-state index contributed by atoms with van der Waals surface area (Å²) in [6.45, 7) is 0. The average molecular weight is 258 g/mol. The minimum Gasteiger partial charge on any atom is -0.496 e. The van der Waals surface area contributed by atoms with Crippen LogP contribution in [0.25, 0.3) is 11.3 Å². The van der Waals surface area contributed by atoms with Crippen LogP contribution in [0.4, 0.5) is 0 Å². The molecule has 6 nitrogen and oxygen atoms in total. The normalized spacial score (nSPS) is 10.2. The quantitative estimate of drug-likeness (QED) is 0.627. The van der Waals surface area contributed by atoms with Crippen LogP contribution < -0.4 is 16.0 Å². The first-order chi connectivity index (χ1) is 9.04. The lowest BCUT2D eigenvalue weighted by molar-refractivity contribution is 0.416. The van der Waals surface area contributed by atoms with E-state index >= 15 is 0 Å². The van der Waals surface area contributed by atoms with Crippen molar-refractivity contribution in [2.75, 3.05) is 7.11 Å². The number of nitrogens with two attached hydrogens (primary N) is 1. The first-order valence-electron chi connectivity index (χ1n) is 5.60. The van der Waals surface area contributed by atoms with E-state index in [9.17, 15) is 4.79 Å². The number of nitrogens with one attached hydrogen (secondary N) is 1. The summed E-state index contributed by atoms with van der Waals surface area (Å²) >= 11 is 0. The molecule has 3 N–H and O–H groups in total. The Balaban J connectivity index is 2.70. The van der Waals surface area contributed by atoms with Crippen molar-refractivity contribution in [3.8, 4) is 17.0 Å². The van der Waals surface area contributed by atoms with Gasteiger partial charge in [-0.2, -0.15) is 5.10 Å². The molecule has 0 aliphatic rings. The van der Waals surface area contributed by atoms with Crippen molar-refractivity contribution in [3.05, 3.63) is 46.2 Å². The molecule has 19 heavy (non-hydrogen) atoms. The van der Waals surface area contributed by atoms with E-state index < -0.39 is 5.56 Å². The highest BCUT2D eigenvalue weighted by molar-refractivity contribution is 5.95. The van der Waals surface area contributed by atoms with Gasteiger partial charge in [0, 0.05) is 12.6 Å². The summed E-state index contributed by atoms with van der Waals surface area (Å²) in [5.41, 5.74) is 6.41. The molecule has 0 amide bonds.